The number of nitrogens with zero attached hydrogens (tertiary/aromatic N) is 1. The van der Waals surface area contributed by atoms with Crippen molar-refractivity contribution in [3.05, 3.63) is 112 Å². The van der Waals surface area contributed by atoms with Crippen molar-refractivity contribution in [2.24, 2.45) is 0 Å². The van der Waals surface area contributed by atoms with Gasteiger partial charge in [0.05, 0.1) is 17.3 Å². The van der Waals surface area contributed by atoms with E-state index in [-0.39, 0.29) is 28.2 Å². The number of amides is 1. The van der Waals surface area contributed by atoms with Gasteiger partial charge in [0.1, 0.15) is 11.5 Å². The summed E-state index contributed by atoms with van der Waals surface area (Å²) in [5.74, 6) is -2.17. The summed E-state index contributed by atoms with van der Waals surface area (Å²) >= 11 is 6.21. The molecule has 4 aromatic rings. The van der Waals surface area contributed by atoms with Crippen molar-refractivity contribution < 1.29 is 19.8 Å². The summed E-state index contributed by atoms with van der Waals surface area (Å²) in [6.07, 6.45) is 0. The number of aliphatic hydroxyl groups is 1. The second-order valence-corrected chi connectivity index (χ2v) is 10.6. The van der Waals surface area contributed by atoms with Gasteiger partial charge in [-0.1, -0.05) is 99.1 Å². The predicted molar refractivity (Wildman–Crippen MR) is 147 cm³/mol. The van der Waals surface area contributed by atoms with Crippen molar-refractivity contribution in [3.63, 3.8) is 0 Å². The van der Waals surface area contributed by atoms with Crippen LogP contribution in [0.2, 0.25) is 5.02 Å². The lowest BCUT2D eigenvalue weighted by molar-refractivity contribution is -0.132. The number of rotatable bonds is 3. The van der Waals surface area contributed by atoms with E-state index in [4.69, 9.17) is 11.6 Å². The number of fused-ring (bicyclic) bond motifs is 1. The van der Waals surface area contributed by atoms with E-state index in [0.717, 1.165) is 16.3 Å². The first-order valence-electron chi connectivity index (χ1n) is 12.0. The molecule has 0 saturated carbocycles. The summed E-state index contributed by atoms with van der Waals surface area (Å²) in [5, 5.41) is 24.2. The molecule has 1 amide bonds. The van der Waals surface area contributed by atoms with Gasteiger partial charge in [-0.3, -0.25) is 14.5 Å². The minimum Gasteiger partial charge on any atom is -0.507 e. The molecule has 186 valence electrons. The average molecular weight is 512 g/mol. The molecule has 0 radical (unpaired) electrons. The van der Waals surface area contributed by atoms with Gasteiger partial charge in [-0.2, -0.15) is 0 Å². The summed E-state index contributed by atoms with van der Waals surface area (Å²) in [5.41, 5.74) is 2.08. The van der Waals surface area contributed by atoms with E-state index < -0.39 is 17.7 Å². The van der Waals surface area contributed by atoms with Crippen LogP contribution in [0, 0.1) is 0 Å². The third-order valence-corrected chi connectivity index (χ3v) is 7.01. The first-order chi connectivity index (χ1) is 17.6. The maximum absolute atomic E-state index is 13.5. The maximum Gasteiger partial charge on any atom is 0.300 e. The number of ketones is 1. The number of halogens is 1. The van der Waals surface area contributed by atoms with Crippen LogP contribution in [0.1, 0.15) is 43.5 Å². The number of carbonyl (C=O) groups excluding carboxylic acids is 2. The Morgan fingerprint density at radius 2 is 1.57 bits per heavy atom. The van der Waals surface area contributed by atoms with Crippen molar-refractivity contribution in [2.75, 3.05) is 4.90 Å². The van der Waals surface area contributed by atoms with Gasteiger partial charge in [0.15, 0.2) is 0 Å². The third-order valence-electron chi connectivity index (χ3n) is 6.78. The first kappa shape index (κ1) is 24.6. The molecular weight excluding hydrogens is 486 g/mol. The minimum atomic E-state index is -0.975. The number of aromatic hydroxyl groups is 1. The quantitative estimate of drug-likeness (QED) is 0.174. The fraction of sp³-hybridized carbons (Fsp3) is 0.161. The topological polar surface area (TPSA) is 77.8 Å². The van der Waals surface area contributed by atoms with Crippen LogP contribution in [0.15, 0.2) is 90.5 Å². The third kappa shape index (κ3) is 4.25. The SMILES string of the molecule is CC(C)(C)c1ccc(C2/C(=C(/O)c3cccc4ccccc34)C(=O)C(=O)N2c2cc(Cl)ccc2O)cc1. The van der Waals surface area contributed by atoms with Crippen molar-refractivity contribution in [2.45, 2.75) is 32.2 Å². The van der Waals surface area contributed by atoms with Gasteiger partial charge >= 0.3 is 0 Å². The van der Waals surface area contributed by atoms with Crippen molar-refractivity contribution >= 4 is 45.5 Å². The molecule has 0 bridgehead atoms. The van der Waals surface area contributed by atoms with Crippen LogP contribution in [-0.2, 0) is 15.0 Å². The lowest BCUT2D eigenvalue weighted by Gasteiger charge is -2.27. The molecule has 1 atom stereocenters. The largest absolute Gasteiger partial charge is 0.507 e. The Morgan fingerprint density at radius 3 is 2.27 bits per heavy atom. The van der Waals surface area contributed by atoms with Gasteiger partial charge in [0, 0.05) is 10.6 Å². The van der Waals surface area contributed by atoms with E-state index in [1.165, 1.54) is 23.1 Å². The number of phenolic OH excluding ortho intramolecular Hbond substituents is 1. The number of anilines is 1. The molecule has 37 heavy (non-hydrogen) atoms. The zero-order valence-electron chi connectivity index (χ0n) is 20.7. The summed E-state index contributed by atoms with van der Waals surface area (Å²) < 4.78 is 0. The highest BCUT2D eigenvalue weighted by atomic mass is 35.5. The van der Waals surface area contributed by atoms with Crippen molar-refractivity contribution in [1.29, 1.82) is 0 Å². The number of hydrogen-bond acceptors (Lipinski definition) is 4. The number of phenols is 1. The lowest BCUT2D eigenvalue weighted by atomic mass is 9.85. The van der Waals surface area contributed by atoms with E-state index in [0.29, 0.717) is 16.1 Å². The molecular formula is C31H26ClNO4. The number of Topliss-reactive ketones (excluding diaryl/α,β-unsaturated/α-hetero) is 1. The number of carbonyl (C=O) groups is 2. The van der Waals surface area contributed by atoms with Gasteiger partial charge < -0.3 is 10.2 Å². The molecule has 1 unspecified atom stereocenters. The van der Waals surface area contributed by atoms with Crippen LogP contribution in [0.4, 0.5) is 5.69 Å². The van der Waals surface area contributed by atoms with Gasteiger partial charge in [-0.05, 0) is 45.5 Å². The highest BCUT2D eigenvalue weighted by Gasteiger charge is 2.48. The van der Waals surface area contributed by atoms with Crippen molar-refractivity contribution in [3.8, 4) is 5.75 Å². The Bertz CT molecular complexity index is 1580. The standard InChI is InChI=1S/C31H26ClNO4/c1-31(2,3)20-13-11-19(12-14-20)27-26(28(35)23-10-6-8-18-7-4-5-9-22(18)23)29(36)30(37)33(27)24-17-21(32)15-16-25(24)34/h4-17,27,34-35H,1-3H3/b28-26-. The van der Waals surface area contributed by atoms with E-state index in [1.54, 1.807) is 12.1 Å². The summed E-state index contributed by atoms with van der Waals surface area (Å²) in [7, 11) is 0. The number of benzene rings is 4. The van der Waals surface area contributed by atoms with Crippen molar-refractivity contribution in [1.82, 2.24) is 0 Å². The van der Waals surface area contributed by atoms with Gasteiger partial charge in [-0.15, -0.1) is 0 Å². The zero-order valence-corrected chi connectivity index (χ0v) is 21.5. The van der Waals surface area contributed by atoms with E-state index in [9.17, 15) is 19.8 Å². The molecule has 1 aliphatic rings. The second-order valence-electron chi connectivity index (χ2n) is 10.2. The molecule has 4 aromatic carbocycles. The van der Waals surface area contributed by atoms with E-state index in [2.05, 4.69) is 20.8 Å². The average Bonchev–Trinajstić information content (AvgIpc) is 3.14. The molecule has 6 heteroatoms. The minimum absolute atomic E-state index is 0.0516. The Labute approximate surface area is 220 Å². The molecule has 2 N–H and O–H groups in total. The van der Waals surface area contributed by atoms with Gasteiger partial charge in [0.25, 0.3) is 11.7 Å². The molecule has 0 aromatic heterocycles. The molecule has 0 aliphatic carbocycles. The number of aliphatic hydroxyl groups excluding tert-OH is 1. The monoisotopic (exact) mass is 511 g/mol. The predicted octanol–water partition coefficient (Wildman–Crippen LogP) is 7.12. The fourth-order valence-corrected chi connectivity index (χ4v) is 4.99. The van der Waals surface area contributed by atoms with Crippen LogP contribution in [0.5, 0.6) is 5.75 Å². The Morgan fingerprint density at radius 1 is 0.892 bits per heavy atom. The Kier molecular flexibility index (Phi) is 6.04. The first-order valence-corrected chi connectivity index (χ1v) is 12.3. The summed E-state index contributed by atoms with van der Waals surface area (Å²) in [6, 6.07) is 23.9. The fourth-order valence-electron chi connectivity index (χ4n) is 4.83. The summed E-state index contributed by atoms with van der Waals surface area (Å²) in [6.45, 7) is 6.29. The zero-order chi connectivity index (χ0) is 26.5. The molecule has 5 rings (SSSR count). The van der Waals surface area contributed by atoms with Crippen LogP contribution in [0.25, 0.3) is 16.5 Å². The Balaban J connectivity index is 1.78. The van der Waals surface area contributed by atoms with Gasteiger partial charge in [0.2, 0.25) is 0 Å². The highest BCUT2D eigenvalue weighted by Crippen LogP contribution is 2.46. The highest BCUT2D eigenvalue weighted by molar-refractivity contribution is 6.52. The summed E-state index contributed by atoms with van der Waals surface area (Å²) in [4.78, 5) is 28.2. The molecule has 1 aliphatic heterocycles. The van der Waals surface area contributed by atoms with Gasteiger partial charge in [-0.25, -0.2) is 0 Å². The van der Waals surface area contributed by atoms with Crippen LogP contribution >= 0.6 is 11.6 Å². The van der Waals surface area contributed by atoms with Crippen LogP contribution in [-0.4, -0.2) is 21.9 Å². The smallest absolute Gasteiger partial charge is 0.300 e. The normalized spacial score (nSPS) is 17.5. The molecule has 5 nitrogen and oxygen atoms in total. The molecule has 1 heterocycles. The molecule has 1 fully saturated rings. The lowest BCUT2D eigenvalue weighted by Crippen LogP contribution is -2.29. The second kappa shape index (κ2) is 9.09. The molecule has 0 spiro atoms. The molecule has 1 saturated heterocycles. The van der Waals surface area contributed by atoms with Crippen LogP contribution in [0.3, 0.4) is 0 Å². The van der Waals surface area contributed by atoms with E-state index >= 15 is 0 Å². The van der Waals surface area contributed by atoms with Crippen LogP contribution < -0.4 is 4.90 Å². The van der Waals surface area contributed by atoms with E-state index in [1.807, 2.05) is 54.6 Å². The Hall–Kier alpha value is -4.09. The maximum atomic E-state index is 13.5. The number of hydrogen-bond donors (Lipinski definition) is 2.